The van der Waals surface area contributed by atoms with Gasteiger partial charge in [-0.3, -0.25) is 0 Å². The van der Waals surface area contributed by atoms with Crippen LogP contribution in [0.25, 0.3) is 11.1 Å². The van der Waals surface area contributed by atoms with E-state index in [0.717, 1.165) is 5.56 Å². The van der Waals surface area contributed by atoms with Crippen molar-refractivity contribution in [1.29, 1.82) is 0 Å². The van der Waals surface area contributed by atoms with Gasteiger partial charge in [-0.1, -0.05) is 32.4 Å². The van der Waals surface area contributed by atoms with E-state index in [-0.39, 0.29) is 0 Å². The molecule has 94 valence electrons. The summed E-state index contributed by atoms with van der Waals surface area (Å²) in [5, 5.41) is 0.681. The third-order valence-electron chi connectivity index (χ3n) is 2.78. The monoisotopic (exact) mass is 258 g/mol. The maximum atomic E-state index is 4.04. The Morgan fingerprint density at radius 3 is 2.33 bits per heavy atom. The Kier molecular flexibility index (Phi) is 4.76. The largest absolute Gasteiger partial charge is 0.244 e. The highest BCUT2D eigenvalue weighted by Crippen LogP contribution is 2.28. The van der Waals surface area contributed by atoms with Crippen molar-refractivity contribution in [3.63, 3.8) is 0 Å². The summed E-state index contributed by atoms with van der Waals surface area (Å²) < 4.78 is 0. The minimum absolute atomic E-state index is 0.681. The van der Waals surface area contributed by atoms with Crippen LogP contribution in [0.3, 0.4) is 0 Å². The Balaban J connectivity index is 2.06. The van der Waals surface area contributed by atoms with Gasteiger partial charge in [-0.25, -0.2) is 9.97 Å². The molecule has 0 unspecified atom stereocenters. The fraction of sp³-hybridized carbons (Fsp3) is 0.333. The van der Waals surface area contributed by atoms with Crippen molar-refractivity contribution < 1.29 is 0 Å². The van der Waals surface area contributed by atoms with Crippen LogP contribution < -0.4 is 0 Å². The standard InChI is InChI=1S/C15H18N2S/c1-3-4-12(2)18-15-7-5-13(6-8-15)14-9-16-11-17-10-14/h5-12H,3-4H2,1-2H3/t12-/m0/s1. The molecule has 2 rings (SSSR count). The molecule has 0 aliphatic heterocycles. The molecule has 0 spiro atoms. The summed E-state index contributed by atoms with van der Waals surface area (Å²) in [5.74, 6) is 0. The van der Waals surface area contributed by atoms with Gasteiger partial charge in [0.15, 0.2) is 0 Å². The van der Waals surface area contributed by atoms with E-state index in [1.165, 1.54) is 23.3 Å². The van der Waals surface area contributed by atoms with Gasteiger partial charge in [0.25, 0.3) is 0 Å². The second-order valence-corrected chi connectivity index (χ2v) is 5.88. The Bertz CT molecular complexity index is 468. The van der Waals surface area contributed by atoms with Gasteiger partial charge in [-0.15, -0.1) is 11.8 Å². The summed E-state index contributed by atoms with van der Waals surface area (Å²) in [5.41, 5.74) is 2.23. The van der Waals surface area contributed by atoms with Gasteiger partial charge >= 0.3 is 0 Å². The molecular formula is C15H18N2S. The summed E-state index contributed by atoms with van der Waals surface area (Å²) in [6.07, 6.45) is 7.75. The van der Waals surface area contributed by atoms with Crippen LogP contribution in [0.4, 0.5) is 0 Å². The average molecular weight is 258 g/mol. The molecule has 2 aromatic rings. The molecule has 0 amide bonds. The van der Waals surface area contributed by atoms with E-state index in [9.17, 15) is 0 Å². The third-order valence-corrected chi connectivity index (χ3v) is 3.96. The molecule has 0 radical (unpaired) electrons. The van der Waals surface area contributed by atoms with Crippen LogP contribution in [-0.4, -0.2) is 15.2 Å². The summed E-state index contributed by atoms with van der Waals surface area (Å²) in [6.45, 7) is 4.52. The van der Waals surface area contributed by atoms with E-state index in [4.69, 9.17) is 0 Å². The molecule has 1 heterocycles. The first-order valence-corrected chi connectivity index (χ1v) is 7.19. The molecule has 0 aliphatic carbocycles. The number of rotatable bonds is 5. The van der Waals surface area contributed by atoms with Crippen molar-refractivity contribution in [1.82, 2.24) is 9.97 Å². The molecule has 0 saturated carbocycles. The van der Waals surface area contributed by atoms with Crippen molar-refractivity contribution in [3.8, 4) is 11.1 Å². The molecule has 1 aromatic carbocycles. The highest BCUT2D eigenvalue weighted by Gasteiger charge is 2.04. The smallest absolute Gasteiger partial charge is 0.115 e. The number of aromatic nitrogens is 2. The Labute approximate surface area is 113 Å². The van der Waals surface area contributed by atoms with Crippen molar-refractivity contribution in [2.45, 2.75) is 36.8 Å². The van der Waals surface area contributed by atoms with Crippen LogP contribution in [0, 0.1) is 0 Å². The molecule has 2 nitrogen and oxygen atoms in total. The van der Waals surface area contributed by atoms with Crippen LogP contribution in [0.15, 0.2) is 47.9 Å². The normalized spacial score (nSPS) is 12.3. The summed E-state index contributed by atoms with van der Waals surface area (Å²) in [4.78, 5) is 9.41. The minimum Gasteiger partial charge on any atom is -0.244 e. The lowest BCUT2D eigenvalue weighted by atomic mass is 10.1. The molecule has 0 bridgehead atoms. The fourth-order valence-electron chi connectivity index (χ4n) is 1.87. The van der Waals surface area contributed by atoms with Crippen LogP contribution in [0.2, 0.25) is 0 Å². The van der Waals surface area contributed by atoms with E-state index in [0.29, 0.717) is 5.25 Å². The second kappa shape index (κ2) is 6.55. The molecule has 1 aromatic heterocycles. The van der Waals surface area contributed by atoms with Crippen molar-refractivity contribution in [2.75, 3.05) is 0 Å². The van der Waals surface area contributed by atoms with Crippen LogP contribution in [-0.2, 0) is 0 Å². The van der Waals surface area contributed by atoms with Crippen molar-refractivity contribution >= 4 is 11.8 Å². The van der Waals surface area contributed by atoms with Gasteiger partial charge in [-0.2, -0.15) is 0 Å². The van der Waals surface area contributed by atoms with E-state index in [2.05, 4.69) is 48.1 Å². The Morgan fingerprint density at radius 1 is 1.06 bits per heavy atom. The van der Waals surface area contributed by atoms with E-state index >= 15 is 0 Å². The summed E-state index contributed by atoms with van der Waals surface area (Å²) >= 11 is 1.94. The Hall–Kier alpha value is -1.35. The quantitative estimate of drug-likeness (QED) is 0.742. The number of hydrogen-bond acceptors (Lipinski definition) is 3. The summed E-state index contributed by atoms with van der Waals surface area (Å²) in [7, 11) is 0. The topological polar surface area (TPSA) is 25.8 Å². The number of nitrogens with zero attached hydrogens (tertiary/aromatic N) is 2. The van der Waals surface area contributed by atoms with E-state index < -0.39 is 0 Å². The molecule has 0 aliphatic rings. The minimum atomic E-state index is 0.681. The van der Waals surface area contributed by atoms with Gasteiger partial charge in [-0.05, 0) is 24.1 Å². The van der Waals surface area contributed by atoms with E-state index in [1.54, 1.807) is 6.33 Å². The number of hydrogen-bond donors (Lipinski definition) is 0. The first-order chi connectivity index (χ1) is 8.79. The van der Waals surface area contributed by atoms with Gasteiger partial charge in [0.05, 0.1) is 0 Å². The van der Waals surface area contributed by atoms with Gasteiger partial charge in [0, 0.05) is 28.1 Å². The Morgan fingerprint density at radius 2 is 1.72 bits per heavy atom. The predicted molar refractivity (Wildman–Crippen MR) is 77.7 cm³/mol. The molecule has 1 atom stereocenters. The maximum Gasteiger partial charge on any atom is 0.115 e. The molecular weight excluding hydrogens is 240 g/mol. The zero-order valence-electron chi connectivity index (χ0n) is 10.8. The number of benzene rings is 1. The first kappa shape index (κ1) is 13.1. The fourth-order valence-corrected chi connectivity index (χ4v) is 2.98. The van der Waals surface area contributed by atoms with Crippen molar-refractivity contribution in [3.05, 3.63) is 43.0 Å². The number of thioether (sulfide) groups is 1. The molecule has 0 saturated heterocycles. The third kappa shape index (κ3) is 3.57. The lowest BCUT2D eigenvalue weighted by molar-refractivity contribution is 0.787. The lowest BCUT2D eigenvalue weighted by Crippen LogP contribution is -1.93. The van der Waals surface area contributed by atoms with Crippen LogP contribution in [0.5, 0.6) is 0 Å². The highest BCUT2D eigenvalue weighted by atomic mass is 32.2. The summed E-state index contributed by atoms with van der Waals surface area (Å²) in [6, 6.07) is 8.64. The SMILES string of the molecule is CCC[C@H](C)Sc1ccc(-c2cncnc2)cc1. The second-order valence-electron chi connectivity index (χ2n) is 4.37. The van der Waals surface area contributed by atoms with Gasteiger partial charge in [0.1, 0.15) is 6.33 Å². The van der Waals surface area contributed by atoms with E-state index in [1.807, 2.05) is 24.2 Å². The molecule has 18 heavy (non-hydrogen) atoms. The predicted octanol–water partition coefficient (Wildman–Crippen LogP) is 4.42. The lowest BCUT2D eigenvalue weighted by Gasteiger charge is -2.10. The van der Waals surface area contributed by atoms with Crippen LogP contribution in [0.1, 0.15) is 26.7 Å². The molecule has 3 heteroatoms. The highest BCUT2D eigenvalue weighted by molar-refractivity contribution is 7.99. The average Bonchev–Trinajstić information content (AvgIpc) is 2.41. The molecule has 0 N–H and O–H groups in total. The first-order valence-electron chi connectivity index (χ1n) is 6.31. The maximum absolute atomic E-state index is 4.04. The van der Waals surface area contributed by atoms with Gasteiger partial charge < -0.3 is 0 Å². The van der Waals surface area contributed by atoms with Gasteiger partial charge in [0.2, 0.25) is 0 Å². The van der Waals surface area contributed by atoms with Crippen LogP contribution >= 0.6 is 11.8 Å². The zero-order valence-corrected chi connectivity index (χ0v) is 11.7. The molecule has 0 fully saturated rings. The zero-order chi connectivity index (χ0) is 12.8. The van der Waals surface area contributed by atoms with Crippen molar-refractivity contribution in [2.24, 2.45) is 0 Å².